The zero-order chi connectivity index (χ0) is 15.4. The van der Waals surface area contributed by atoms with Gasteiger partial charge in [0.05, 0.1) is 23.3 Å². The fourth-order valence-electron chi connectivity index (χ4n) is 2.34. The SMILES string of the molecule is C=CN(c1cnc(NC)c(C)c1)c1ccccc1N(C)C. The predicted octanol–water partition coefficient (Wildman–Crippen LogP) is 3.78. The fraction of sp³-hybridized carbons (Fsp3) is 0.235. The van der Waals surface area contributed by atoms with Crippen molar-refractivity contribution >= 4 is 22.9 Å². The molecule has 0 fully saturated rings. The molecule has 4 heteroatoms. The molecule has 0 unspecified atom stereocenters. The van der Waals surface area contributed by atoms with Crippen LogP contribution < -0.4 is 15.1 Å². The van der Waals surface area contributed by atoms with E-state index in [0.29, 0.717) is 0 Å². The van der Waals surface area contributed by atoms with Crippen molar-refractivity contribution in [3.05, 3.63) is 54.9 Å². The van der Waals surface area contributed by atoms with E-state index >= 15 is 0 Å². The van der Waals surface area contributed by atoms with Crippen LogP contribution in [0, 0.1) is 6.92 Å². The van der Waals surface area contributed by atoms with E-state index in [9.17, 15) is 0 Å². The highest BCUT2D eigenvalue weighted by atomic mass is 15.2. The van der Waals surface area contributed by atoms with Crippen molar-refractivity contribution in [2.24, 2.45) is 0 Å². The highest BCUT2D eigenvalue weighted by Crippen LogP contribution is 2.34. The summed E-state index contributed by atoms with van der Waals surface area (Å²) in [6, 6.07) is 10.3. The quantitative estimate of drug-likeness (QED) is 0.904. The van der Waals surface area contributed by atoms with Crippen molar-refractivity contribution < 1.29 is 0 Å². The number of hydrogen-bond acceptors (Lipinski definition) is 4. The third-order valence-corrected chi connectivity index (χ3v) is 3.38. The third-order valence-electron chi connectivity index (χ3n) is 3.38. The highest BCUT2D eigenvalue weighted by Gasteiger charge is 2.13. The first kappa shape index (κ1) is 14.9. The Labute approximate surface area is 126 Å². The van der Waals surface area contributed by atoms with Crippen LogP contribution in [-0.4, -0.2) is 26.1 Å². The molecule has 0 spiro atoms. The van der Waals surface area contributed by atoms with Gasteiger partial charge in [0.15, 0.2) is 0 Å². The Kier molecular flexibility index (Phi) is 4.48. The van der Waals surface area contributed by atoms with Crippen molar-refractivity contribution in [1.82, 2.24) is 4.98 Å². The number of aryl methyl sites for hydroxylation is 1. The maximum absolute atomic E-state index is 4.45. The van der Waals surface area contributed by atoms with Crippen LogP contribution >= 0.6 is 0 Å². The van der Waals surface area contributed by atoms with Crippen LogP contribution in [0.4, 0.5) is 22.9 Å². The Balaban J connectivity index is 2.50. The number of hydrogen-bond donors (Lipinski definition) is 1. The van der Waals surface area contributed by atoms with Crippen LogP contribution in [0.1, 0.15) is 5.56 Å². The molecule has 2 aromatic rings. The summed E-state index contributed by atoms with van der Waals surface area (Å²) in [6.07, 6.45) is 3.67. The normalized spacial score (nSPS) is 10.1. The summed E-state index contributed by atoms with van der Waals surface area (Å²) >= 11 is 0. The molecule has 0 saturated carbocycles. The second-order valence-electron chi connectivity index (χ2n) is 5.04. The zero-order valence-electron chi connectivity index (χ0n) is 13.1. The molecule has 21 heavy (non-hydrogen) atoms. The van der Waals surface area contributed by atoms with Crippen molar-refractivity contribution in [2.75, 3.05) is 36.3 Å². The molecular weight excluding hydrogens is 260 g/mol. The van der Waals surface area contributed by atoms with Crippen LogP contribution in [-0.2, 0) is 0 Å². The lowest BCUT2D eigenvalue weighted by Gasteiger charge is -2.26. The van der Waals surface area contributed by atoms with Gasteiger partial charge in [0.25, 0.3) is 0 Å². The van der Waals surface area contributed by atoms with Gasteiger partial charge in [-0.25, -0.2) is 4.98 Å². The van der Waals surface area contributed by atoms with Crippen molar-refractivity contribution in [3.63, 3.8) is 0 Å². The van der Waals surface area contributed by atoms with Gasteiger partial charge in [0.1, 0.15) is 5.82 Å². The van der Waals surface area contributed by atoms with Gasteiger partial charge >= 0.3 is 0 Å². The minimum absolute atomic E-state index is 0.892. The molecule has 0 aliphatic heterocycles. The number of para-hydroxylation sites is 2. The van der Waals surface area contributed by atoms with E-state index in [4.69, 9.17) is 0 Å². The summed E-state index contributed by atoms with van der Waals surface area (Å²) in [5.74, 6) is 0.892. The maximum Gasteiger partial charge on any atom is 0.128 e. The van der Waals surface area contributed by atoms with Crippen molar-refractivity contribution in [1.29, 1.82) is 0 Å². The fourth-order valence-corrected chi connectivity index (χ4v) is 2.34. The molecule has 1 aromatic carbocycles. The molecule has 0 atom stereocenters. The molecular formula is C17H22N4. The number of rotatable bonds is 5. The lowest BCUT2D eigenvalue weighted by atomic mass is 10.2. The van der Waals surface area contributed by atoms with Crippen molar-refractivity contribution in [2.45, 2.75) is 6.92 Å². The first-order chi connectivity index (χ1) is 10.1. The van der Waals surface area contributed by atoms with Crippen LogP contribution in [0.25, 0.3) is 0 Å². The van der Waals surface area contributed by atoms with E-state index in [1.807, 2.05) is 52.6 Å². The second kappa shape index (κ2) is 6.31. The summed E-state index contributed by atoms with van der Waals surface area (Å²) in [7, 11) is 5.95. The molecule has 0 amide bonds. The van der Waals surface area contributed by atoms with E-state index in [-0.39, 0.29) is 0 Å². The maximum atomic E-state index is 4.45. The van der Waals surface area contributed by atoms with Gasteiger partial charge in [-0.05, 0) is 30.7 Å². The summed E-state index contributed by atoms with van der Waals surface area (Å²) in [5.41, 5.74) is 4.31. The van der Waals surface area contributed by atoms with Gasteiger partial charge in [0, 0.05) is 27.3 Å². The number of aromatic nitrogens is 1. The molecule has 4 nitrogen and oxygen atoms in total. The lowest BCUT2D eigenvalue weighted by Crippen LogP contribution is -2.16. The van der Waals surface area contributed by atoms with E-state index in [1.165, 1.54) is 0 Å². The van der Waals surface area contributed by atoms with Crippen LogP contribution in [0.2, 0.25) is 0 Å². The second-order valence-corrected chi connectivity index (χ2v) is 5.04. The summed E-state index contributed by atoms with van der Waals surface area (Å²) < 4.78 is 0. The Hall–Kier alpha value is -2.49. The number of nitrogens with one attached hydrogen (secondary N) is 1. The standard InChI is InChI=1S/C17H22N4/c1-6-21(14-11-13(2)17(18-3)19-12-14)16-10-8-7-9-15(16)20(4)5/h6-12H,1H2,2-5H3,(H,18,19). The number of anilines is 4. The van der Waals surface area contributed by atoms with Crippen LogP contribution in [0.15, 0.2) is 49.3 Å². The first-order valence-corrected chi connectivity index (χ1v) is 6.91. The Morgan fingerprint density at radius 3 is 2.38 bits per heavy atom. The summed E-state index contributed by atoms with van der Waals surface area (Å²) in [4.78, 5) is 8.59. The lowest BCUT2D eigenvalue weighted by molar-refractivity contribution is 1.11. The van der Waals surface area contributed by atoms with Crippen molar-refractivity contribution in [3.8, 4) is 0 Å². The summed E-state index contributed by atoms with van der Waals surface area (Å²) in [5, 5.41) is 3.09. The minimum atomic E-state index is 0.892. The van der Waals surface area contributed by atoms with Gasteiger partial charge < -0.3 is 15.1 Å². The zero-order valence-corrected chi connectivity index (χ0v) is 13.1. The molecule has 1 aromatic heterocycles. The van der Waals surface area contributed by atoms with Gasteiger partial charge in [-0.1, -0.05) is 18.7 Å². The number of nitrogens with zero attached hydrogens (tertiary/aromatic N) is 3. The molecule has 2 rings (SSSR count). The Bertz CT molecular complexity index is 634. The molecule has 0 aliphatic rings. The molecule has 0 saturated heterocycles. The van der Waals surface area contributed by atoms with Gasteiger partial charge in [-0.15, -0.1) is 0 Å². The largest absolute Gasteiger partial charge is 0.376 e. The van der Waals surface area contributed by atoms with E-state index in [1.54, 1.807) is 0 Å². The minimum Gasteiger partial charge on any atom is -0.376 e. The third kappa shape index (κ3) is 2.99. The predicted molar refractivity (Wildman–Crippen MR) is 91.6 cm³/mol. The summed E-state index contributed by atoms with van der Waals surface area (Å²) in [6.45, 7) is 5.99. The monoisotopic (exact) mass is 282 g/mol. The Morgan fingerprint density at radius 1 is 1.19 bits per heavy atom. The smallest absolute Gasteiger partial charge is 0.128 e. The first-order valence-electron chi connectivity index (χ1n) is 6.91. The number of benzene rings is 1. The molecule has 0 bridgehead atoms. The number of pyridine rings is 1. The molecule has 0 aliphatic carbocycles. The Morgan fingerprint density at radius 2 is 1.86 bits per heavy atom. The molecule has 1 heterocycles. The van der Waals surface area contributed by atoms with E-state index < -0.39 is 0 Å². The highest BCUT2D eigenvalue weighted by molar-refractivity contribution is 5.78. The average Bonchev–Trinajstić information content (AvgIpc) is 2.48. The topological polar surface area (TPSA) is 31.4 Å². The molecule has 1 N–H and O–H groups in total. The van der Waals surface area contributed by atoms with Gasteiger partial charge in [-0.3, -0.25) is 0 Å². The van der Waals surface area contributed by atoms with Crippen LogP contribution in [0.5, 0.6) is 0 Å². The van der Waals surface area contributed by atoms with Gasteiger partial charge in [0.2, 0.25) is 0 Å². The molecule has 110 valence electrons. The van der Waals surface area contributed by atoms with E-state index in [0.717, 1.165) is 28.4 Å². The average molecular weight is 282 g/mol. The van der Waals surface area contributed by atoms with E-state index in [2.05, 4.69) is 44.9 Å². The van der Waals surface area contributed by atoms with Gasteiger partial charge in [-0.2, -0.15) is 0 Å². The van der Waals surface area contributed by atoms with Crippen LogP contribution in [0.3, 0.4) is 0 Å². The molecule has 0 radical (unpaired) electrons.